The second-order valence-electron chi connectivity index (χ2n) is 3.13. The van der Waals surface area contributed by atoms with Gasteiger partial charge in [0.2, 0.25) is 0 Å². The Morgan fingerprint density at radius 3 is 2.94 bits per heavy atom. The molecule has 88 valence electrons. The molecule has 0 radical (unpaired) electrons. The van der Waals surface area contributed by atoms with E-state index < -0.39 is 0 Å². The molecule has 0 spiro atoms. The van der Waals surface area contributed by atoms with Crippen molar-refractivity contribution in [1.29, 1.82) is 0 Å². The maximum absolute atomic E-state index is 12.9. The Hall–Kier alpha value is -0.550. The zero-order valence-corrected chi connectivity index (χ0v) is 11.2. The Labute approximate surface area is 107 Å². The number of methoxy groups -OCH3 is 1. The number of carbonyl (C=O) groups excluding carboxylic acids is 1. The van der Waals surface area contributed by atoms with Crippen LogP contribution in [0.5, 0.6) is 0 Å². The smallest absolute Gasteiger partial charge is 0.306 e. The van der Waals surface area contributed by atoms with E-state index in [1.54, 1.807) is 23.9 Å². The van der Waals surface area contributed by atoms with Gasteiger partial charge in [-0.05, 0) is 33.6 Å². The van der Waals surface area contributed by atoms with E-state index in [4.69, 9.17) is 0 Å². The molecule has 0 amide bonds. The van der Waals surface area contributed by atoms with Gasteiger partial charge in [-0.15, -0.1) is 0 Å². The number of ether oxygens (including phenoxy) is 1. The molecule has 0 fully saturated rings. The molecule has 0 aromatic heterocycles. The summed E-state index contributed by atoms with van der Waals surface area (Å²) < 4.78 is 17.9. The summed E-state index contributed by atoms with van der Waals surface area (Å²) in [6.45, 7) is 0. The van der Waals surface area contributed by atoms with Gasteiger partial charge in [0.25, 0.3) is 0 Å². The molecular formula is C11H12BrFO2S. The Balaban J connectivity index is 2.32. The zero-order chi connectivity index (χ0) is 12.0. The van der Waals surface area contributed by atoms with Crippen molar-refractivity contribution in [3.8, 4) is 0 Å². The van der Waals surface area contributed by atoms with Crippen LogP contribution in [-0.2, 0) is 15.3 Å². The number of esters is 1. The van der Waals surface area contributed by atoms with Gasteiger partial charge in [-0.2, -0.15) is 11.8 Å². The summed E-state index contributed by atoms with van der Waals surface area (Å²) in [7, 11) is 1.38. The van der Waals surface area contributed by atoms with Gasteiger partial charge in [0, 0.05) is 11.5 Å². The van der Waals surface area contributed by atoms with E-state index in [-0.39, 0.29) is 11.8 Å². The highest BCUT2D eigenvalue weighted by Crippen LogP contribution is 2.20. The van der Waals surface area contributed by atoms with Gasteiger partial charge in [-0.1, -0.05) is 6.07 Å². The van der Waals surface area contributed by atoms with Gasteiger partial charge >= 0.3 is 5.97 Å². The third-order valence-corrected chi connectivity index (χ3v) is 3.57. The van der Waals surface area contributed by atoms with Crippen LogP contribution in [0.3, 0.4) is 0 Å². The summed E-state index contributed by atoms with van der Waals surface area (Å²) in [5.74, 6) is 1.01. The first kappa shape index (κ1) is 13.5. The Morgan fingerprint density at radius 1 is 1.56 bits per heavy atom. The van der Waals surface area contributed by atoms with Crippen molar-refractivity contribution in [3.63, 3.8) is 0 Å². The highest BCUT2D eigenvalue weighted by molar-refractivity contribution is 9.10. The van der Waals surface area contributed by atoms with E-state index in [9.17, 15) is 9.18 Å². The fourth-order valence-corrected chi connectivity index (χ4v) is 2.37. The lowest BCUT2D eigenvalue weighted by molar-refractivity contribution is -0.140. The minimum atomic E-state index is -0.261. The molecule has 0 bridgehead atoms. The third-order valence-electron chi connectivity index (χ3n) is 1.93. The molecule has 0 saturated heterocycles. The van der Waals surface area contributed by atoms with Crippen LogP contribution in [-0.4, -0.2) is 18.8 Å². The second kappa shape index (κ2) is 6.91. The summed E-state index contributed by atoms with van der Waals surface area (Å²) >= 11 is 4.75. The summed E-state index contributed by atoms with van der Waals surface area (Å²) in [6.07, 6.45) is 0.406. The fourth-order valence-electron chi connectivity index (χ4n) is 1.08. The van der Waals surface area contributed by atoms with Crippen LogP contribution in [0.1, 0.15) is 12.0 Å². The second-order valence-corrected chi connectivity index (χ2v) is 5.09. The van der Waals surface area contributed by atoms with Crippen LogP contribution in [0, 0.1) is 5.82 Å². The lowest BCUT2D eigenvalue weighted by atomic mass is 10.2. The normalized spacial score (nSPS) is 10.2. The molecule has 1 aromatic carbocycles. The monoisotopic (exact) mass is 306 g/mol. The molecule has 0 atom stereocenters. The van der Waals surface area contributed by atoms with Gasteiger partial charge in [0.15, 0.2) is 0 Å². The molecule has 0 heterocycles. The molecule has 1 rings (SSSR count). The summed E-state index contributed by atoms with van der Waals surface area (Å²) in [5, 5.41) is 0. The largest absolute Gasteiger partial charge is 0.469 e. The first-order valence-corrected chi connectivity index (χ1v) is 6.66. The predicted molar refractivity (Wildman–Crippen MR) is 66.9 cm³/mol. The van der Waals surface area contributed by atoms with Crippen molar-refractivity contribution in [2.75, 3.05) is 12.9 Å². The van der Waals surface area contributed by atoms with Gasteiger partial charge in [-0.3, -0.25) is 4.79 Å². The average molecular weight is 307 g/mol. The summed E-state index contributed by atoms with van der Waals surface area (Å²) in [6, 6.07) is 4.92. The number of hydrogen-bond acceptors (Lipinski definition) is 3. The van der Waals surface area contributed by atoms with Gasteiger partial charge < -0.3 is 4.74 Å². The van der Waals surface area contributed by atoms with Crippen LogP contribution in [0.2, 0.25) is 0 Å². The van der Waals surface area contributed by atoms with Crippen molar-refractivity contribution in [2.45, 2.75) is 12.2 Å². The number of thioether (sulfide) groups is 1. The topological polar surface area (TPSA) is 26.3 Å². The molecule has 1 aromatic rings. The highest BCUT2D eigenvalue weighted by atomic mass is 79.9. The van der Waals surface area contributed by atoms with Crippen LogP contribution >= 0.6 is 27.7 Å². The minimum absolute atomic E-state index is 0.201. The van der Waals surface area contributed by atoms with Crippen molar-refractivity contribution >= 4 is 33.7 Å². The van der Waals surface area contributed by atoms with Crippen molar-refractivity contribution in [2.24, 2.45) is 0 Å². The van der Waals surface area contributed by atoms with E-state index >= 15 is 0 Å². The maximum Gasteiger partial charge on any atom is 0.306 e. The first-order valence-electron chi connectivity index (χ1n) is 4.72. The Morgan fingerprint density at radius 2 is 2.31 bits per heavy atom. The van der Waals surface area contributed by atoms with Crippen LogP contribution < -0.4 is 0 Å². The van der Waals surface area contributed by atoms with Crippen molar-refractivity contribution in [1.82, 2.24) is 0 Å². The average Bonchev–Trinajstić information content (AvgIpc) is 2.28. The van der Waals surface area contributed by atoms with E-state index in [1.165, 1.54) is 13.2 Å². The van der Waals surface area contributed by atoms with Gasteiger partial charge in [-0.25, -0.2) is 4.39 Å². The molecule has 0 unspecified atom stereocenters. The highest BCUT2D eigenvalue weighted by Gasteiger charge is 2.02. The van der Waals surface area contributed by atoms with Gasteiger partial charge in [0.1, 0.15) is 5.82 Å². The molecule has 0 aliphatic carbocycles. The SMILES string of the molecule is COC(=O)CCSCc1ccc(F)c(Br)c1. The first-order chi connectivity index (χ1) is 7.63. The third kappa shape index (κ3) is 4.53. The maximum atomic E-state index is 12.9. The number of hydrogen-bond donors (Lipinski definition) is 0. The standard InChI is InChI=1S/C11H12BrFO2S/c1-15-11(14)4-5-16-7-8-2-3-10(13)9(12)6-8/h2-3,6H,4-5,7H2,1H3. The molecule has 16 heavy (non-hydrogen) atoms. The molecular weight excluding hydrogens is 295 g/mol. The molecule has 2 nitrogen and oxygen atoms in total. The lowest BCUT2D eigenvalue weighted by Crippen LogP contribution is -2.01. The fraction of sp³-hybridized carbons (Fsp3) is 0.364. The Bertz CT molecular complexity index is 371. The number of carbonyl (C=O) groups is 1. The molecule has 0 aliphatic rings. The molecule has 0 aliphatic heterocycles. The van der Waals surface area contributed by atoms with Gasteiger partial charge in [0.05, 0.1) is 18.0 Å². The van der Waals surface area contributed by atoms with E-state index in [2.05, 4.69) is 20.7 Å². The summed E-state index contributed by atoms with van der Waals surface area (Å²) in [5.41, 5.74) is 1.03. The number of halogens is 2. The van der Waals surface area contributed by atoms with Crippen LogP contribution in [0.25, 0.3) is 0 Å². The molecule has 0 N–H and O–H groups in total. The van der Waals surface area contributed by atoms with Crippen LogP contribution in [0.15, 0.2) is 22.7 Å². The lowest BCUT2D eigenvalue weighted by Gasteiger charge is -2.02. The van der Waals surface area contributed by atoms with E-state index in [1.807, 2.05) is 0 Å². The van der Waals surface area contributed by atoms with E-state index in [0.717, 1.165) is 11.3 Å². The quantitative estimate of drug-likeness (QED) is 0.616. The number of rotatable bonds is 5. The summed E-state index contributed by atoms with van der Waals surface area (Å²) in [4.78, 5) is 10.8. The molecule has 5 heteroatoms. The van der Waals surface area contributed by atoms with E-state index in [0.29, 0.717) is 16.6 Å². The number of benzene rings is 1. The molecule has 0 saturated carbocycles. The minimum Gasteiger partial charge on any atom is -0.469 e. The van der Waals surface area contributed by atoms with Crippen molar-refractivity contribution < 1.29 is 13.9 Å². The predicted octanol–water partition coefficient (Wildman–Crippen LogP) is 3.38. The zero-order valence-electron chi connectivity index (χ0n) is 8.83. The van der Waals surface area contributed by atoms with Crippen molar-refractivity contribution in [3.05, 3.63) is 34.1 Å². The Kier molecular flexibility index (Phi) is 5.84. The van der Waals surface area contributed by atoms with Crippen LogP contribution in [0.4, 0.5) is 4.39 Å².